The molecule has 5 nitrogen and oxygen atoms in total. The molecule has 0 radical (unpaired) electrons. The van der Waals surface area contributed by atoms with Crippen LogP contribution in [0.1, 0.15) is 16.8 Å². The minimum absolute atomic E-state index is 0.0410. The number of nitrogens with one attached hydrogen (secondary N) is 1. The number of carbonyl (C=O) groups is 1. The number of aryl methyl sites for hydroxylation is 1. The summed E-state index contributed by atoms with van der Waals surface area (Å²) in [5.74, 6) is -0.254. The average Bonchev–Trinajstić information content (AvgIpc) is 3.26. The zero-order valence-electron chi connectivity index (χ0n) is 16.5. The first-order valence-electron chi connectivity index (χ1n) is 9.50. The van der Waals surface area contributed by atoms with Gasteiger partial charge < -0.3 is 14.2 Å². The van der Waals surface area contributed by atoms with Crippen molar-refractivity contribution < 1.29 is 9.18 Å². The lowest BCUT2D eigenvalue weighted by atomic mass is 10.1. The van der Waals surface area contributed by atoms with Gasteiger partial charge in [0.25, 0.3) is 11.5 Å². The Kier molecular flexibility index (Phi) is 6.27. The van der Waals surface area contributed by atoms with Gasteiger partial charge >= 0.3 is 0 Å². The Labute approximate surface area is 192 Å². The number of amides is 1. The normalized spacial score (nSPS) is 13.5. The summed E-state index contributed by atoms with van der Waals surface area (Å²) < 4.78 is 17.8. The number of anilines is 2. The van der Waals surface area contributed by atoms with E-state index in [4.69, 9.17) is 23.2 Å². The Morgan fingerprint density at radius 3 is 2.65 bits per heavy atom. The van der Waals surface area contributed by atoms with E-state index in [1.165, 1.54) is 16.7 Å². The van der Waals surface area contributed by atoms with Crippen molar-refractivity contribution in [3.8, 4) is 11.1 Å². The van der Waals surface area contributed by atoms with Crippen LogP contribution in [0.15, 0.2) is 53.5 Å². The van der Waals surface area contributed by atoms with Crippen LogP contribution >= 0.6 is 35.1 Å². The van der Waals surface area contributed by atoms with Gasteiger partial charge in [0.15, 0.2) is 0 Å². The van der Waals surface area contributed by atoms with Crippen LogP contribution in [0.4, 0.5) is 15.8 Å². The molecular weight excluding hydrogens is 460 g/mol. The molecule has 1 aliphatic heterocycles. The topological polar surface area (TPSA) is 54.3 Å². The van der Waals surface area contributed by atoms with Gasteiger partial charge in [-0.05, 0) is 65.9 Å². The highest BCUT2D eigenvalue weighted by atomic mass is 35.5. The first kappa shape index (κ1) is 21.7. The van der Waals surface area contributed by atoms with Crippen LogP contribution in [0, 0.1) is 5.82 Å². The largest absolute Gasteiger partial charge is 0.322 e. The lowest BCUT2D eigenvalue weighted by Gasteiger charge is -2.18. The van der Waals surface area contributed by atoms with Crippen molar-refractivity contribution >= 4 is 52.4 Å². The number of hydrogen-bond acceptors (Lipinski definition) is 4. The summed E-state index contributed by atoms with van der Waals surface area (Å²) in [5, 5.41) is 2.88. The van der Waals surface area contributed by atoms with E-state index in [9.17, 15) is 14.0 Å². The van der Waals surface area contributed by atoms with Crippen LogP contribution in [-0.4, -0.2) is 22.8 Å². The summed E-state index contributed by atoms with van der Waals surface area (Å²) in [6, 6.07) is 11.2. The second-order valence-electron chi connectivity index (χ2n) is 7.13. The molecule has 0 atom stereocenters. The number of carbonyl (C=O) groups excluding carboxylic acids is 1. The van der Waals surface area contributed by atoms with Gasteiger partial charge in [0, 0.05) is 42.3 Å². The lowest BCUT2D eigenvalue weighted by Crippen LogP contribution is -2.16. The highest BCUT2D eigenvalue weighted by Crippen LogP contribution is 2.34. The maximum Gasteiger partial charge on any atom is 0.257 e. The molecule has 3 aromatic rings. The Balaban J connectivity index is 1.65. The smallest absolute Gasteiger partial charge is 0.257 e. The minimum atomic E-state index is -0.649. The molecule has 0 aliphatic carbocycles. The third kappa shape index (κ3) is 4.74. The van der Waals surface area contributed by atoms with E-state index in [-0.39, 0.29) is 16.1 Å². The number of rotatable bonds is 4. The van der Waals surface area contributed by atoms with Crippen LogP contribution in [-0.2, 0) is 7.05 Å². The number of nitrogens with zero attached hydrogens (tertiary/aromatic N) is 2. The fraction of sp³-hybridized carbons (Fsp3) is 0.182. The van der Waals surface area contributed by atoms with Crippen molar-refractivity contribution in [2.45, 2.75) is 6.42 Å². The second kappa shape index (κ2) is 8.94. The van der Waals surface area contributed by atoms with Crippen molar-refractivity contribution in [3.05, 3.63) is 80.4 Å². The standard InChI is InChI=1S/C22H18Cl2FN3O2S/c1-27-5-3-13(9-20(27)29)14-7-15(23)10-16(8-14)26-22(30)18-11-17(12-19(25)21(18)24)28-4-2-6-31-28/h3,5,7-12H,2,4,6H2,1H3,(H,26,30). The van der Waals surface area contributed by atoms with Crippen molar-refractivity contribution in [1.82, 2.24) is 4.57 Å². The number of hydrogen-bond donors (Lipinski definition) is 1. The molecule has 0 saturated carbocycles. The SMILES string of the molecule is Cn1ccc(-c2cc(Cl)cc(NC(=O)c3cc(N4CCCS4)cc(F)c3Cl)c2)cc1=O. The molecule has 1 aromatic heterocycles. The molecule has 1 amide bonds. The summed E-state index contributed by atoms with van der Waals surface area (Å²) in [6.45, 7) is 0.779. The molecule has 1 fully saturated rings. The molecule has 1 aliphatic rings. The zero-order valence-corrected chi connectivity index (χ0v) is 18.8. The number of benzene rings is 2. The van der Waals surface area contributed by atoms with E-state index in [0.29, 0.717) is 27.5 Å². The summed E-state index contributed by atoms with van der Waals surface area (Å²) in [6.07, 6.45) is 2.64. The predicted octanol–water partition coefficient (Wildman–Crippen LogP) is 5.61. The average molecular weight is 478 g/mol. The third-order valence-electron chi connectivity index (χ3n) is 4.89. The van der Waals surface area contributed by atoms with Gasteiger partial charge in [0.2, 0.25) is 0 Å². The molecular formula is C22H18Cl2FN3O2S. The molecule has 0 spiro atoms. The predicted molar refractivity (Wildman–Crippen MR) is 126 cm³/mol. The van der Waals surface area contributed by atoms with Crippen LogP contribution < -0.4 is 15.2 Å². The molecule has 1 saturated heterocycles. The van der Waals surface area contributed by atoms with E-state index in [1.54, 1.807) is 55.5 Å². The molecule has 0 unspecified atom stereocenters. The third-order valence-corrected chi connectivity index (χ3v) is 6.67. The monoisotopic (exact) mass is 477 g/mol. The highest BCUT2D eigenvalue weighted by molar-refractivity contribution is 8.00. The molecule has 2 aromatic carbocycles. The fourth-order valence-corrected chi connectivity index (χ4v) is 4.71. The van der Waals surface area contributed by atoms with Crippen LogP contribution in [0.25, 0.3) is 11.1 Å². The Hall–Kier alpha value is -2.48. The lowest BCUT2D eigenvalue weighted by molar-refractivity contribution is 0.102. The zero-order chi connectivity index (χ0) is 22.1. The minimum Gasteiger partial charge on any atom is -0.322 e. The van der Waals surface area contributed by atoms with Crippen molar-refractivity contribution in [1.29, 1.82) is 0 Å². The van der Waals surface area contributed by atoms with E-state index < -0.39 is 11.7 Å². The van der Waals surface area contributed by atoms with Crippen LogP contribution in [0.2, 0.25) is 10.0 Å². The molecule has 4 rings (SSSR count). The van der Waals surface area contributed by atoms with E-state index in [1.807, 2.05) is 4.31 Å². The fourth-order valence-electron chi connectivity index (χ4n) is 3.29. The Bertz CT molecular complexity index is 1230. The van der Waals surface area contributed by atoms with Gasteiger partial charge in [0.05, 0.1) is 16.3 Å². The second-order valence-corrected chi connectivity index (χ2v) is 9.05. The summed E-state index contributed by atoms with van der Waals surface area (Å²) >= 11 is 13.9. The van der Waals surface area contributed by atoms with E-state index >= 15 is 0 Å². The number of aromatic nitrogens is 1. The summed E-state index contributed by atoms with van der Waals surface area (Å²) in [5.41, 5.74) is 2.21. The molecule has 160 valence electrons. The molecule has 0 bridgehead atoms. The molecule has 9 heteroatoms. The van der Waals surface area contributed by atoms with E-state index in [0.717, 1.165) is 18.7 Å². The van der Waals surface area contributed by atoms with Gasteiger partial charge in [0.1, 0.15) is 5.82 Å². The molecule has 1 N–H and O–H groups in total. The van der Waals surface area contributed by atoms with Crippen molar-refractivity contribution in [2.24, 2.45) is 7.05 Å². The van der Waals surface area contributed by atoms with Crippen molar-refractivity contribution in [3.63, 3.8) is 0 Å². The van der Waals surface area contributed by atoms with Gasteiger partial charge in [-0.25, -0.2) is 4.39 Å². The quantitative estimate of drug-likeness (QED) is 0.496. The first-order chi connectivity index (χ1) is 14.8. The maximum atomic E-state index is 14.4. The maximum absolute atomic E-state index is 14.4. The van der Waals surface area contributed by atoms with Crippen molar-refractivity contribution in [2.75, 3.05) is 21.9 Å². The molecule has 31 heavy (non-hydrogen) atoms. The van der Waals surface area contributed by atoms with E-state index in [2.05, 4.69) is 5.32 Å². The Morgan fingerprint density at radius 1 is 1.13 bits per heavy atom. The summed E-state index contributed by atoms with van der Waals surface area (Å²) in [7, 11) is 1.66. The number of halogens is 3. The van der Waals surface area contributed by atoms with Gasteiger partial charge in [-0.2, -0.15) is 0 Å². The van der Waals surface area contributed by atoms with Crippen LogP contribution in [0.5, 0.6) is 0 Å². The highest BCUT2D eigenvalue weighted by Gasteiger charge is 2.21. The van der Waals surface area contributed by atoms with Gasteiger partial charge in [-0.15, -0.1) is 0 Å². The Morgan fingerprint density at radius 2 is 1.94 bits per heavy atom. The summed E-state index contributed by atoms with van der Waals surface area (Å²) in [4.78, 5) is 24.9. The number of pyridine rings is 1. The van der Waals surface area contributed by atoms with Gasteiger partial charge in [-0.3, -0.25) is 9.59 Å². The van der Waals surface area contributed by atoms with Crippen LogP contribution in [0.3, 0.4) is 0 Å². The first-order valence-corrected chi connectivity index (χ1v) is 11.2. The molecule has 2 heterocycles. The van der Waals surface area contributed by atoms with Gasteiger partial charge in [-0.1, -0.05) is 23.2 Å².